The molecule has 1 atom stereocenters. The van der Waals surface area contributed by atoms with Gasteiger partial charge in [0, 0.05) is 19.5 Å². The van der Waals surface area contributed by atoms with E-state index in [1.165, 1.54) is 0 Å². The predicted octanol–water partition coefficient (Wildman–Crippen LogP) is 3.46. The fraction of sp³-hybridized carbons (Fsp3) is 0.304. The first-order valence-corrected chi connectivity index (χ1v) is 9.63. The van der Waals surface area contributed by atoms with E-state index in [4.69, 9.17) is 5.26 Å². The van der Waals surface area contributed by atoms with Crippen LogP contribution in [0.15, 0.2) is 42.5 Å². The molecule has 3 amide bonds. The van der Waals surface area contributed by atoms with E-state index in [-0.39, 0.29) is 36.7 Å². The van der Waals surface area contributed by atoms with Crippen molar-refractivity contribution >= 4 is 17.7 Å². The van der Waals surface area contributed by atoms with Crippen LogP contribution in [-0.2, 0) is 4.79 Å². The SMILES string of the molecule is CCN(C(=O)CCN1C(=O)c2ccc(C)cc2C1=O)C(C)c1ccc(C#N)cc1. The highest BCUT2D eigenvalue weighted by Crippen LogP contribution is 2.25. The number of amides is 3. The molecule has 1 aliphatic heterocycles. The van der Waals surface area contributed by atoms with Crippen LogP contribution in [0.5, 0.6) is 0 Å². The Morgan fingerprint density at radius 1 is 1.10 bits per heavy atom. The number of nitriles is 1. The van der Waals surface area contributed by atoms with E-state index in [9.17, 15) is 14.4 Å². The minimum Gasteiger partial charge on any atom is -0.336 e. The molecule has 2 aromatic carbocycles. The van der Waals surface area contributed by atoms with Crippen LogP contribution in [0.2, 0.25) is 0 Å². The Hall–Kier alpha value is -3.46. The Morgan fingerprint density at radius 2 is 1.76 bits per heavy atom. The topological polar surface area (TPSA) is 81.5 Å². The van der Waals surface area contributed by atoms with Crippen LogP contribution in [0.4, 0.5) is 0 Å². The molecule has 0 radical (unpaired) electrons. The number of hydrogen-bond acceptors (Lipinski definition) is 4. The molecule has 6 nitrogen and oxygen atoms in total. The van der Waals surface area contributed by atoms with Crippen LogP contribution in [0.1, 0.15) is 63.7 Å². The van der Waals surface area contributed by atoms with E-state index < -0.39 is 0 Å². The van der Waals surface area contributed by atoms with Gasteiger partial charge in [-0.3, -0.25) is 19.3 Å². The summed E-state index contributed by atoms with van der Waals surface area (Å²) in [6.07, 6.45) is 0.0684. The first kappa shape index (κ1) is 20.3. The van der Waals surface area contributed by atoms with E-state index >= 15 is 0 Å². The molecule has 0 aromatic heterocycles. The average molecular weight is 389 g/mol. The van der Waals surface area contributed by atoms with Gasteiger partial charge in [0.05, 0.1) is 28.8 Å². The lowest BCUT2D eigenvalue weighted by Gasteiger charge is -2.29. The zero-order valence-electron chi connectivity index (χ0n) is 16.8. The van der Waals surface area contributed by atoms with Crippen LogP contribution < -0.4 is 0 Å². The molecule has 1 aliphatic rings. The summed E-state index contributed by atoms with van der Waals surface area (Å²) in [4.78, 5) is 40.8. The van der Waals surface area contributed by atoms with Crippen LogP contribution in [-0.4, -0.2) is 40.6 Å². The Kier molecular flexibility index (Phi) is 5.79. The van der Waals surface area contributed by atoms with Crippen molar-refractivity contribution in [3.63, 3.8) is 0 Å². The monoisotopic (exact) mass is 389 g/mol. The highest BCUT2D eigenvalue weighted by Gasteiger charge is 2.35. The molecule has 1 unspecified atom stereocenters. The van der Waals surface area contributed by atoms with Crippen LogP contribution in [0.25, 0.3) is 0 Å². The van der Waals surface area contributed by atoms with Gasteiger partial charge in [-0.1, -0.05) is 23.8 Å². The standard InChI is InChI=1S/C23H23N3O3/c1-4-25(16(3)18-8-6-17(14-24)7-9-18)21(27)11-12-26-22(28)19-10-5-15(2)13-20(19)23(26)29/h5-10,13,16H,4,11-12H2,1-3H3. The number of carbonyl (C=O) groups excluding carboxylic acids is 3. The first-order chi connectivity index (χ1) is 13.9. The molecule has 0 spiro atoms. The van der Waals surface area contributed by atoms with Crippen molar-refractivity contribution in [3.05, 3.63) is 70.3 Å². The van der Waals surface area contributed by atoms with Gasteiger partial charge in [-0.05, 0) is 50.6 Å². The maximum atomic E-state index is 12.8. The summed E-state index contributed by atoms with van der Waals surface area (Å²) in [5.41, 5.74) is 3.20. The smallest absolute Gasteiger partial charge is 0.261 e. The number of benzene rings is 2. The van der Waals surface area contributed by atoms with Crippen molar-refractivity contribution in [2.24, 2.45) is 0 Å². The molecule has 0 bridgehead atoms. The molecule has 148 valence electrons. The van der Waals surface area contributed by atoms with Crippen molar-refractivity contribution in [2.45, 2.75) is 33.2 Å². The number of imide groups is 1. The predicted molar refractivity (Wildman–Crippen MR) is 108 cm³/mol. The molecule has 3 rings (SSSR count). The second kappa shape index (κ2) is 8.27. The summed E-state index contributed by atoms with van der Waals surface area (Å²) in [6.45, 7) is 6.24. The molecule has 6 heteroatoms. The minimum absolute atomic E-state index is 0.0564. The number of fused-ring (bicyclic) bond motifs is 1. The molecular formula is C23H23N3O3. The van der Waals surface area contributed by atoms with E-state index in [0.717, 1.165) is 16.0 Å². The Bertz CT molecular complexity index is 1010. The van der Waals surface area contributed by atoms with E-state index in [2.05, 4.69) is 6.07 Å². The van der Waals surface area contributed by atoms with Gasteiger partial charge in [-0.15, -0.1) is 0 Å². The van der Waals surface area contributed by atoms with E-state index in [1.54, 1.807) is 35.2 Å². The minimum atomic E-state index is -0.346. The molecule has 0 saturated heterocycles. The summed E-state index contributed by atoms with van der Waals surface area (Å²) in [6, 6.07) is 14.2. The van der Waals surface area contributed by atoms with Crippen molar-refractivity contribution in [1.29, 1.82) is 5.26 Å². The summed E-state index contributed by atoms with van der Waals surface area (Å²) in [5.74, 6) is -0.817. The quantitative estimate of drug-likeness (QED) is 0.709. The summed E-state index contributed by atoms with van der Waals surface area (Å²) in [5, 5.41) is 8.93. The van der Waals surface area contributed by atoms with Gasteiger partial charge < -0.3 is 4.90 Å². The van der Waals surface area contributed by atoms with Gasteiger partial charge >= 0.3 is 0 Å². The van der Waals surface area contributed by atoms with Crippen LogP contribution in [0.3, 0.4) is 0 Å². The first-order valence-electron chi connectivity index (χ1n) is 9.63. The molecule has 1 heterocycles. The fourth-order valence-electron chi connectivity index (χ4n) is 3.64. The Balaban J connectivity index is 1.68. The third kappa shape index (κ3) is 3.90. The Morgan fingerprint density at radius 3 is 2.38 bits per heavy atom. The summed E-state index contributed by atoms with van der Waals surface area (Å²) in [7, 11) is 0. The van der Waals surface area contributed by atoms with E-state index in [1.807, 2.05) is 32.9 Å². The lowest BCUT2D eigenvalue weighted by Crippen LogP contribution is -2.38. The van der Waals surface area contributed by atoms with Crippen LogP contribution in [0, 0.1) is 18.3 Å². The molecule has 0 aliphatic carbocycles. The second-order valence-corrected chi connectivity index (χ2v) is 7.15. The van der Waals surface area contributed by atoms with Gasteiger partial charge in [-0.2, -0.15) is 5.26 Å². The highest BCUT2D eigenvalue weighted by atomic mass is 16.2. The van der Waals surface area contributed by atoms with Gasteiger partial charge in [0.2, 0.25) is 5.91 Å². The number of carbonyl (C=O) groups is 3. The molecule has 0 saturated carbocycles. The maximum Gasteiger partial charge on any atom is 0.261 e. The lowest BCUT2D eigenvalue weighted by molar-refractivity contribution is -0.133. The zero-order valence-corrected chi connectivity index (χ0v) is 16.8. The van der Waals surface area contributed by atoms with Gasteiger partial charge in [0.25, 0.3) is 11.8 Å². The van der Waals surface area contributed by atoms with Gasteiger partial charge in [0.15, 0.2) is 0 Å². The molecule has 29 heavy (non-hydrogen) atoms. The normalized spacial score (nSPS) is 13.8. The second-order valence-electron chi connectivity index (χ2n) is 7.15. The molecule has 2 aromatic rings. The average Bonchev–Trinajstić information content (AvgIpc) is 2.96. The van der Waals surface area contributed by atoms with Crippen molar-refractivity contribution in [3.8, 4) is 6.07 Å². The summed E-state index contributed by atoms with van der Waals surface area (Å²) >= 11 is 0. The van der Waals surface area contributed by atoms with E-state index in [0.29, 0.717) is 23.2 Å². The Labute approximate surface area is 170 Å². The lowest BCUT2D eigenvalue weighted by atomic mass is 10.0. The third-order valence-corrected chi connectivity index (χ3v) is 5.33. The highest BCUT2D eigenvalue weighted by molar-refractivity contribution is 6.21. The number of aryl methyl sites for hydroxylation is 1. The third-order valence-electron chi connectivity index (χ3n) is 5.33. The molecule has 0 N–H and O–H groups in total. The molecule has 0 fully saturated rings. The van der Waals surface area contributed by atoms with Crippen molar-refractivity contribution in [2.75, 3.05) is 13.1 Å². The van der Waals surface area contributed by atoms with Crippen molar-refractivity contribution in [1.82, 2.24) is 9.80 Å². The van der Waals surface area contributed by atoms with Crippen LogP contribution >= 0.6 is 0 Å². The maximum absolute atomic E-state index is 12.8. The van der Waals surface area contributed by atoms with Gasteiger partial charge in [0.1, 0.15) is 0 Å². The number of rotatable bonds is 6. The fourth-order valence-corrected chi connectivity index (χ4v) is 3.64. The number of nitrogens with zero attached hydrogens (tertiary/aromatic N) is 3. The summed E-state index contributed by atoms with van der Waals surface area (Å²) < 4.78 is 0. The van der Waals surface area contributed by atoms with Crippen molar-refractivity contribution < 1.29 is 14.4 Å². The number of hydrogen-bond donors (Lipinski definition) is 0. The molecular weight excluding hydrogens is 366 g/mol. The zero-order chi connectivity index (χ0) is 21.1. The largest absolute Gasteiger partial charge is 0.336 e. The van der Waals surface area contributed by atoms with Gasteiger partial charge in [-0.25, -0.2) is 0 Å².